The third-order valence-corrected chi connectivity index (χ3v) is 4.94. The fourth-order valence-electron chi connectivity index (χ4n) is 1.84. The maximum atomic E-state index is 12.1. The van der Waals surface area contributed by atoms with E-state index in [4.69, 9.17) is 0 Å². The Morgan fingerprint density at radius 2 is 2.12 bits per heavy atom. The molecule has 0 aliphatic heterocycles. The Morgan fingerprint density at radius 3 is 2.92 bits per heavy atom. The summed E-state index contributed by atoms with van der Waals surface area (Å²) in [5.41, 5.74) is 1.42. The number of H-pyrrole nitrogens is 1. The zero-order chi connectivity index (χ0) is 16.9. The molecule has 0 saturated heterocycles. The maximum absolute atomic E-state index is 12.1. The molecule has 2 aromatic heterocycles. The molecule has 0 saturated carbocycles. The van der Waals surface area contributed by atoms with Crippen molar-refractivity contribution in [2.75, 3.05) is 11.1 Å². The first-order chi connectivity index (χ1) is 11.6. The predicted octanol–water partition coefficient (Wildman–Crippen LogP) is 4.12. The number of aromatic nitrogens is 4. The molecule has 0 fully saturated rings. The van der Waals surface area contributed by atoms with Gasteiger partial charge in [0, 0.05) is 15.1 Å². The minimum Gasteiger partial charge on any atom is -0.324 e. The number of aromatic amines is 1. The number of rotatable bonds is 5. The second-order valence-electron chi connectivity index (χ2n) is 4.64. The van der Waals surface area contributed by atoms with Gasteiger partial charge in [-0.15, -0.1) is 5.10 Å². The van der Waals surface area contributed by atoms with Crippen LogP contribution >= 0.6 is 43.6 Å². The molecule has 0 aliphatic carbocycles. The lowest BCUT2D eigenvalue weighted by molar-refractivity contribution is -0.113. The van der Waals surface area contributed by atoms with Gasteiger partial charge in [0.15, 0.2) is 5.82 Å². The number of nitrogens with one attached hydrogen (secondary N) is 2. The lowest BCUT2D eigenvalue weighted by Crippen LogP contribution is -2.14. The highest BCUT2D eigenvalue weighted by atomic mass is 79.9. The zero-order valence-corrected chi connectivity index (χ0v) is 16.2. The van der Waals surface area contributed by atoms with Crippen LogP contribution in [0.4, 0.5) is 5.69 Å². The van der Waals surface area contributed by atoms with E-state index in [9.17, 15) is 4.79 Å². The van der Waals surface area contributed by atoms with Crippen LogP contribution in [-0.4, -0.2) is 31.8 Å². The first-order valence-electron chi connectivity index (χ1n) is 6.83. The lowest BCUT2D eigenvalue weighted by atomic mass is 10.3. The van der Waals surface area contributed by atoms with Gasteiger partial charge in [-0.25, -0.2) is 0 Å². The topological polar surface area (TPSA) is 83.6 Å². The first-order valence-corrected chi connectivity index (χ1v) is 9.40. The van der Waals surface area contributed by atoms with Crippen LogP contribution in [-0.2, 0) is 4.79 Å². The number of hydrogen-bond donors (Lipinski definition) is 2. The molecule has 24 heavy (non-hydrogen) atoms. The van der Waals surface area contributed by atoms with Crippen LogP contribution in [0.1, 0.15) is 0 Å². The summed E-state index contributed by atoms with van der Waals surface area (Å²) >= 11 is 8.04. The Balaban J connectivity index is 1.59. The van der Waals surface area contributed by atoms with Crippen molar-refractivity contribution in [1.82, 2.24) is 20.2 Å². The maximum Gasteiger partial charge on any atom is 0.234 e. The minimum atomic E-state index is -0.136. The molecule has 6 nitrogen and oxygen atoms in total. The molecule has 0 spiro atoms. The van der Waals surface area contributed by atoms with Crippen molar-refractivity contribution in [2.45, 2.75) is 5.16 Å². The van der Waals surface area contributed by atoms with Crippen molar-refractivity contribution in [2.24, 2.45) is 0 Å². The van der Waals surface area contributed by atoms with Crippen LogP contribution in [0, 0.1) is 0 Å². The zero-order valence-electron chi connectivity index (χ0n) is 12.2. The van der Waals surface area contributed by atoms with Crippen LogP contribution in [0.15, 0.2) is 56.7 Å². The highest BCUT2D eigenvalue weighted by molar-refractivity contribution is 9.11. The number of carbonyl (C=O) groups is 1. The van der Waals surface area contributed by atoms with E-state index in [-0.39, 0.29) is 11.7 Å². The molecule has 0 atom stereocenters. The predicted molar refractivity (Wildman–Crippen MR) is 101 cm³/mol. The van der Waals surface area contributed by atoms with Crippen LogP contribution in [0.5, 0.6) is 0 Å². The normalized spacial score (nSPS) is 10.6. The molecule has 3 aromatic rings. The summed E-state index contributed by atoms with van der Waals surface area (Å²) < 4.78 is 1.71. The molecule has 122 valence electrons. The molecule has 2 heterocycles. The Labute approximate surface area is 159 Å². The van der Waals surface area contributed by atoms with Crippen molar-refractivity contribution in [3.63, 3.8) is 0 Å². The number of hydrogen-bond acceptors (Lipinski definition) is 5. The molecule has 0 aliphatic rings. The molecular formula is C15H11Br2N5OS. The van der Waals surface area contributed by atoms with Crippen LogP contribution in [0.3, 0.4) is 0 Å². The minimum absolute atomic E-state index is 0.136. The molecule has 2 N–H and O–H groups in total. The second-order valence-corrected chi connectivity index (χ2v) is 7.36. The molecule has 9 heteroatoms. The Hall–Kier alpha value is -1.71. The monoisotopic (exact) mass is 467 g/mol. The fourth-order valence-corrected chi connectivity index (χ4v) is 3.14. The Bertz CT molecular complexity index is 856. The number of pyridine rings is 1. The third kappa shape index (κ3) is 4.43. The van der Waals surface area contributed by atoms with E-state index in [1.54, 1.807) is 6.20 Å². The standard InChI is InChI=1S/C15H11Br2N5OS/c16-9-4-5-10(17)12(7-9)19-13(23)8-24-15-20-14(21-22-15)11-3-1-2-6-18-11/h1-7H,8H2,(H,19,23)(H,20,21,22). The van der Waals surface area contributed by atoms with Crippen LogP contribution < -0.4 is 5.32 Å². The molecule has 0 radical (unpaired) electrons. The highest BCUT2D eigenvalue weighted by Gasteiger charge is 2.11. The van der Waals surface area contributed by atoms with E-state index < -0.39 is 0 Å². The number of amides is 1. The molecule has 3 rings (SSSR count). The summed E-state index contributed by atoms with van der Waals surface area (Å²) in [6.45, 7) is 0. The van der Waals surface area contributed by atoms with Crippen molar-refractivity contribution in [3.05, 3.63) is 51.5 Å². The van der Waals surface area contributed by atoms with E-state index in [2.05, 4.69) is 57.3 Å². The SMILES string of the molecule is O=C(CSc1n[nH]c(-c2ccccn2)n1)Nc1cc(Br)ccc1Br. The first kappa shape index (κ1) is 17.1. The van der Waals surface area contributed by atoms with Crippen molar-refractivity contribution < 1.29 is 4.79 Å². The van der Waals surface area contributed by atoms with Gasteiger partial charge in [0.05, 0.1) is 11.4 Å². The van der Waals surface area contributed by atoms with Gasteiger partial charge < -0.3 is 5.32 Å². The smallest absolute Gasteiger partial charge is 0.234 e. The van der Waals surface area contributed by atoms with Gasteiger partial charge in [-0.3, -0.25) is 14.9 Å². The van der Waals surface area contributed by atoms with Gasteiger partial charge >= 0.3 is 0 Å². The largest absolute Gasteiger partial charge is 0.324 e. The van der Waals surface area contributed by atoms with Crippen molar-refractivity contribution in [1.29, 1.82) is 0 Å². The average Bonchev–Trinajstić information content (AvgIpc) is 3.06. The van der Waals surface area contributed by atoms with E-state index in [1.807, 2.05) is 36.4 Å². The van der Waals surface area contributed by atoms with Gasteiger partial charge in [-0.05, 0) is 46.3 Å². The Morgan fingerprint density at radius 1 is 1.25 bits per heavy atom. The number of nitrogens with zero attached hydrogens (tertiary/aromatic N) is 3. The number of anilines is 1. The molecule has 1 aromatic carbocycles. The average molecular weight is 469 g/mol. The van der Waals surface area contributed by atoms with Crippen molar-refractivity contribution in [3.8, 4) is 11.5 Å². The van der Waals surface area contributed by atoms with Gasteiger partial charge in [0.1, 0.15) is 5.69 Å². The summed E-state index contributed by atoms with van der Waals surface area (Å²) in [5.74, 6) is 0.648. The van der Waals surface area contributed by atoms with Gasteiger partial charge in [-0.1, -0.05) is 33.8 Å². The number of benzene rings is 1. The molecular weight excluding hydrogens is 458 g/mol. The number of halogens is 2. The summed E-state index contributed by atoms with van der Waals surface area (Å²) in [4.78, 5) is 20.6. The van der Waals surface area contributed by atoms with E-state index in [0.29, 0.717) is 22.4 Å². The van der Waals surface area contributed by atoms with Crippen LogP contribution in [0.2, 0.25) is 0 Å². The van der Waals surface area contributed by atoms with Crippen LogP contribution in [0.25, 0.3) is 11.5 Å². The summed E-state index contributed by atoms with van der Waals surface area (Å²) in [5, 5.41) is 10.3. The number of carbonyl (C=O) groups excluding carboxylic acids is 1. The van der Waals surface area contributed by atoms with Gasteiger partial charge in [0.2, 0.25) is 11.1 Å². The second kappa shape index (κ2) is 7.91. The van der Waals surface area contributed by atoms with E-state index in [1.165, 1.54) is 11.8 Å². The fraction of sp³-hybridized carbons (Fsp3) is 0.0667. The van der Waals surface area contributed by atoms with E-state index >= 15 is 0 Å². The van der Waals surface area contributed by atoms with Gasteiger partial charge in [0.25, 0.3) is 0 Å². The van der Waals surface area contributed by atoms with E-state index in [0.717, 1.165) is 8.95 Å². The highest BCUT2D eigenvalue weighted by Crippen LogP contribution is 2.26. The summed E-state index contributed by atoms with van der Waals surface area (Å²) in [7, 11) is 0. The quantitative estimate of drug-likeness (QED) is 0.550. The summed E-state index contributed by atoms with van der Waals surface area (Å²) in [6.07, 6.45) is 1.69. The molecule has 0 unspecified atom stereocenters. The lowest BCUT2D eigenvalue weighted by Gasteiger charge is -2.07. The van der Waals surface area contributed by atoms with Gasteiger partial charge in [-0.2, -0.15) is 4.98 Å². The number of thioether (sulfide) groups is 1. The summed E-state index contributed by atoms with van der Waals surface area (Å²) in [6, 6.07) is 11.1. The molecule has 1 amide bonds. The van der Waals surface area contributed by atoms with Crippen molar-refractivity contribution >= 4 is 55.2 Å². The Kier molecular flexibility index (Phi) is 5.64. The third-order valence-electron chi connectivity index (χ3n) is 2.91. The molecule has 0 bridgehead atoms.